The standard InChI is InChI=1S/C20H19ClN2O2/c21-17-5-3-6-18(13-17)22-8-10-23(11-9-22)20(24)16-12-15-4-1-2-7-19(15)25-14-16/h1-7,12-13H,8-11,14H2. The zero-order chi connectivity index (χ0) is 17.2. The first-order valence-electron chi connectivity index (χ1n) is 8.43. The number of para-hydroxylation sites is 1. The van der Waals surface area contributed by atoms with E-state index in [4.69, 9.17) is 16.3 Å². The molecule has 0 spiro atoms. The van der Waals surface area contributed by atoms with Crippen LogP contribution < -0.4 is 9.64 Å². The highest BCUT2D eigenvalue weighted by molar-refractivity contribution is 6.30. The van der Waals surface area contributed by atoms with Crippen LogP contribution in [0, 0.1) is 0 Å². The normalized spacial score (nSPS) is 16.8. The van der Waals surface area contributed by atoms with E-state index in [-0.39, 0.29) is 5.91 Å². The first-order chi connectivity index (χ1) is 12.2. The van der Waals surface area contributed by atoms with Crippen LogP contribution in [0.5, 0.6) is 5.75 Å². The zero-order valence-electron chi connectivity index (χ0n) is 13.8. The number of amides is 1. The number of anilines is 1. The SMILES string of the molecule is O=C(C1=Cc2ccccc2OC1)N1CCN(c2cccc(Cl)c2)CC1. The number of benzene rings is 2. The first-order valence-corrected chi connectivity index (χ1v) is 8.81. The summed E-state index contributed by atoms with van der Waals surface area (Å²) < 4.78 is 5.71. The molecule has 25 heavy (non-hydrogen) atoms. The molecule has 2 aromatic carbocycles. The third-order valence-electron chi connectivity index (χ3n) is 4.65. The van der Waals surface area contributed by atoms with Crippen LogP contribution in [0.3, 0.4) is 0 Å². The van der Waals surface area contributed by atoms with Crippen LogP contribution in [-0.4, -0.2) is 43.6 Å². The Morgan fingerprint density at radius 2 is 1.80 bits per heavy atom. The van der Waals surface area contributed by atoms with Crippen LogP contribution in [0.25, 0.3) is 6.08 Å². The monoisotopic (exact) mass is 354 g/mol. The topological polar surface area (TPSA) is 32.8 Å². The van der Waals surface area contributed by atoms with Gasteiger partial charge < -0.3 is 14.5 Å². The van der Waals surface area contributed by atoms with Gasteiger partial charge in [-0.2, -0.15) is 0 Å². The highest BCUT2D eigenvalue weighted by Crippen LogP contribution is 2.27. The van der Waals surface area contributed by atoms with Crippen LogP contribution in [0.4, 0.5) is 5.69 Å². The molecule has 5 heteroatoms. The molecule has 1 saturated heterocycles. The number of carbonyl (C=O) groups is 1. The number of nitrogens with zero attached hydrogens (tertiary/aromatic N) is 2. The first kappa shape index (κ1) is 16.0. The van der Waals surface area contributed by atoms with Crippen molar-refractivity contribution in [3.05, 3.63) is 64.7 Å². The van der Waals surface area contributed by atoms with Gasteiger partial charge in [0.15, 0.2) is 0 Å². The van der Waals surface area contributed by atoms with Crippen molar-refractivity contribution >= 4 is 29.3 Å². The highest BCUT2D eigenvalue weighted by Gasteiger charge is 2.25. The van der Waals surface area contributed by atoms with E-state index in [0.717, 1.165) is 40.7 Å². The fourth-order valence-corrected chi connectivity index (χ4v) is 3.47. The van der Waals surface area contributed by atoms with Gasteiger partial charge >= 0.3 is 0 Å². The highest BCUT2D eigenvalue weighted by atomic mass is 35.5. The van der Waals surface area contributed by atoms with E-state index >= 15 is 0 Å². The number of carbonyl (C=O) groups excluding carboxylic acids is 1. The summed E-state index contributed by atoms with van der Waals surface area (Å²) in [4.78, 5) is 17.0. The second-order valence-corrected chi connectivity index (χ2v) is 6.69. The summed E-state index contributed by atoms with van der Waals surface area (Å²) >= 11 is 6.07. The molecule has 0 unspecified atom stereocenters. The smallest absolute Gasteiger partial charge is 0.253 e. The molecular formula is C20H19ClN2O2. The molecule has 0 saturated carbocycles. The summed E-state index contributed by atoms with van der Waals surface area (Å²) in [5.41, 5.74) is 2.79. The van der Waals surface area contributed by atoms with Crippen LogP contribution in [0.2, 0.25) is 5.02 Å². The predicted octanol–water partition coefficient (Wildman–Crippen LogP) is 3.46. The van der Waals surface area contributed by atoms with Gasteiger partial charge in [0.1, 0.15) is 12.4 Å². The summed E-state index contributed by atoms with van der Waals surface area (Å²) in [6, 6.07) is 15.6. The van der Waals surface area contributed by atoms with Gasteiger partial charge in [-0.05, 0) is 30.3 Å². The van der Waals surface area contributed by atoms with E-state index in [2.05, 4.69) is 11.0 Å². The van der Waals surface area contributed by atoms with E-state index in [1.54, 1.807) is 0 Å². The Morgan fingerprint density at radius 1 is 1.00 bits per heavy atom. The minimum absolute atomic E-state index is 0.0697. The number of piperazine rings is 1. The Bertz CT molecular complexity index is 826. The van der Waals surface area contributed by atoms with Gasteiger partial charge in [-0.1, -0.05) is 35.9 Å². The Balaban J connectivity index is 1.43. The van der Waals surface area contributed by atoms with Crippen molar-refractivity contribution < 1.29 is 9.53 Å². The molecule has 1 amide bonds. The fraction of sp³-hybridized carbons (Fsp3) is 0.250. The molecule has 2 heterocycles. The Kier molecular flexibility index (Phi) is 4.36. The van der Waals surface area contributed by atoms with E-state index in [1.165, 1.54) is 0 Å². The maximum absolute atomic E-state index is 12.8. The molecule has 2 aliphatic heterocycles. The van der Waals surface area contributed by atoms with E-state index in [0.29, 0.717) is 19.7 Å². The number of hydrogen-bond donors (Lipinski definition) is 0. The van der Waals surface area contributed by atoms with Gasteiger partial charge in [0.2, 0.25) is 0 Å². The number of halogens is 1. The number of ether oxygens (including phenoxy) is 1. The van der Waals surface area contributed by atoms with Crippen molar-refractivity contribution in [2.45, 2.75) is 0 Å². The van der Waals surface area contributed by atoms with Crippen molar-refractivity contribution in [2.24, 2.45) is 0 Å². The maximum atomic E-state index is 12.8. The van der Waals surface area contributed by atoms with Gasteiger partial charge in [0, 0.05) is 42.5 Å². The van der Waals surface area contributed by atoms with Crippen LogP contribution in [0.15, 0.2) is 54.1 Å². The van der Waals surface area contributed by atoms with Crippen molar-refractivity contribution in [1.29, 1.82) is 0 Å². The van der Waals surface area contributed by atoms with Gasteiger partial charge in [-0.25, -0.2) is 0 Å². The maximum Gasteiger partial charge on any atom is 0.253 e. The lowest BCUT2D eigenvalue weighted by molar-refractivity contribution is -0.127. The second kappa shape index (κ2) is 6.81. The van der Waals surface area contributed by atoms with Gasteiger partial charge in [-0.3, -0.25) is 4.79 Å². The quantitative estimate of drug-likeness (QED) is 0.828. The van der Waals surface area contributed by atoms with Crippen molar-refractivity contribution in [3.63, 3.8) is 0 Å². The van der Waals surface area contributed by atoms with Crippen LogP contribution in [-0.2, 0) is 4.79 Å². The van der Waals surface area contributed by atoms with Gasteiger partial charge in [0.25, 0.3) is 5.91 Å². The second-order valence-electron chi connectivity index (χ2n) is 6.26. The summed E-state index contributed by atoms with van der Waals surface area (Å²) in [5, 5.41) is 0.735. The average Bonchev–Trinajstić information content (AvgIpc) is 2.67. The summed E-state index contributed by atoms with van der Waals surface area (Å²) in [5.74, 6) is 0.907. The molecule has 2 aromatic rings. The third kappa shape index (κ3) is 3.35. The van der Waals surface area contributed by atoms with E-state index in [9.17, 15) is 4.79 Å². The number of hydrogen-bond acceptors (Lipinski definition) is 3. The molecule has 4 nitrogen and oxygen atoms in total. The van der Waals surface area contributed by atoms with Crippen molar-refractivity contribution in [3.8, 4) is 5.75 Å². The molecule has 128 valence electrons. The molecule has 0 bridgehead atoms. The van der Waals surface area contributed by atoms with Crippen molar-refractivity contribution in [2.75, 3.05) is 37.7 Å². The molecule has 0 N–H and O–H groups in total. The van der Waals surface area contributed by atoms with Gasteiger partial charge in [-0.15, -0.1) is 0 Å². The lowest BCUT2D eigenvalue weighted by Crippen LogP contribution is -2.49. The Labute approximate surface area is 152 Å². The van der Waals surface area contributed by atoms with E-state index < -0.39 is 0 Å². The molecular weight excluding hydrogens is 336 g/mol. The Morgan fingerprint density at radius 3 is 2.60 bits per heavy atom. The average molecular weight is 355 g/mol. The number of rotatable bonds is 2. The minimum Gasteiger partial charge on any atom is -0.488 e. The predicted molar refractivity (Wildman–Crippen MR) is 100 cm³/mol. The Hall–Kier alpha value is -2.46. The van der Waals surface area contributed by atoms with E-state index in [1.807, 2.05) is 53.4 Å². The molecule has 2 aliphatic rings. The summed E-state index contributed by atoms with van der Waals surface area (Å²) in [6.07, 6.45) is 1.95. The van der Waals surface area contributed by atoms with Crippen LogP contribution >= 0.6 is 11.6 Å². The van der Waals surface area contributed by atoms with Gasteiger partial charge in [0.05, 0.1) is 5.57 Å². The largest absolute Gasteiger partial charge is 0.488 e. The minimum atomic E-state index is 0.0697. The number of fused-ring (bicyclic) bond motifs is 1. The molecule has 4 rings (SSSR count). The molecule has 0 aliphatic carbocycles. The molecule has 0 radical (unpaired) electrons. The molecule has 1 fully saturated rings. The molecule has 0 aromatic heterocycles. The lowest BCUT2D eigenvalue weighted by atomic mass is 10.1. The zero-order valence-corrected chi connectivity index (χ0v) is 14.6. The fourth-order valence-electron chi connectivity index (χ4n) is 3.28. The summed E-state index contributed by atoms with van der Waals surface area (Å²) in [6.45, 7) is 3.34. The third-order valence-corrected chi connectivity index (χ3v) is 4.88. The molecule has 0 atom stereocenters. The van der Waals surface area contributed by atoms with Crippen molar-refractivity contribution in [1.82, 2.24) is 4.90 Å². The summed E-state index contributed by atoms with van der Waals surface area (Å²) in [7, 11) is 0. The lowest BCUT2D eigenvalue weighted by Gasteiger charge is -2.36. The van der Waals surface area contributed by atoms with Crippen LogP contribution in [0.1, 0.15) is 5.56 Å².